The van der Waals surface area contributed by atoms with Crippen molar-refractivity contribution in [3.8, 4) is 5.69 Å². The van der Waals surface area contributed by atoms with Crippen LogP contribution in [0, 0.1) is 0 Å². The molecular weight excluding hydrogens is 334 g/mol. The molecule has 8 heteroatoms. The predicted octanol–water partition coefficient (Wildman–Crippen LogP) is 1.93. The second kappa shape index (κ2) is 6.21. The molecule has 0 aliphatic heterocycles. The van der Waals surface area contributed by atoms with Crippen molar-refractivity contribution in [1.29, 1.82) is 0 Å². The van der Waals surface area contributed by atoms with Crippen LogP contribution in [0.3, 0.4) is 0 Å². The minimum Gasteiger partial charge on any atom is -0.445 e. The predicted molar refractivity (Wildman–Crippen MR) is 89.5 cm³/mol. The number of hydrogen-bond donors (Lipinski definition) is 2. The Hall–Kier alpha value is -3.06. The van der Waals surface area contributed by atoms with E-state index in [0.717, 1.165) is 0 Å². The molecule has 0 saturated carbocycles. The van der Waals surface area contributed by atoms with Crippen molar-refractivity contribution < 1.29 is 9.53 Å². The Kier molecular flexibility index (Phi) is 4.09. The van der Waals surface area contributed by atoms with Gasteiger partial charge in [-0.05, 0) is 35.9 Å². The van der Waals surface area contributed by atoms with Crippen LogP contribution in [0.4, 0.5) is 4.79 Å². The summed E-state index contributed by atoms with van der Waals surface area (Å²) in [5, 5.41) is 0.729. The van der Waals surface area contributed by atoms with E-state index < -0.39 is 17.3 Å². The molecule has 1 heterocycles. The fourth-order valence-corrected chi connectivity index (χ4v) is 2.57. The Labute approximate surface area is 140 Å². The lowest BCUT2D eigenvalue weighted by atomic mass is 10.2. The van der Waals surface area contributed by atoms with Gasteiger partial charge in [-0.3, -0.25) is 14.3 Å². The Morgan fingerprint density at radius 2 is 2.00 bits per heavy atom. The van der Waals surface area contributed by atoms with Crippen molar-refractivity contribution >= 4 is 28.6 Å². The van der Waals surface area contributed by atoms with Crippen molar-refractivity contribution in [1.82, 2.24) is 9.55 Å². The third-order valence-electron chi connectivity index (χ3n) is 3.42. The zero-order valence-electron chi connectivity index (χ0n) is 12.3. The number of rotatable bonds is 3. The van der Waals surface area contributed by atoms with Crippen LogP contribution in [0.5, 0.6) is 0 Å². The number of aromatic amines is 1. The average Bonchev–Trinajstić information content (AvgIpc) is 2.53. The van der Waals surface area contributed by atoms with Crippen molar-refractivity contribution in [3.05, 3.63) is 73.9 Å². The summed E-state index contributed by atoms with van der Waals surface area (Å²) in [6.07, 6.45) is -0.890. The van der Waals surface area contributed by atoms with Gasteiger partial charge in [0.05, 0.1) is 16.6 Å². The average molecular weight is 346 g/mol. The van der Waals surface area contributed by atoms with Crippen molar-refractivity contribution in [2.45, 2.75) is 6.61 Å². The maximum atomic E-state index is 12.3. The second-order valence-corrected chi connectivity index (χ2v) is 5.47. The summed E-state index contributed by atoms with van der Waals surface area (Å²) in [7, 11) is 0. The van der Waals surface area contributed by atoms with E-state index in [2.05, 4.69) is 4.98 Å². The number of halogens is 1. The molecule has 2 aromatic carbocycles. The third-order valence-corrected chi connectivity index (χ3v) is 3.65. The lowest BCUT2D eigenvalue weighted by Gasteiger charge is -2.11. The zero-order chi connectivity index (χ0) is 17.3. The highest BCUT2D eigenvalue weighted by Gasteiger charge is 2.10. The molecule has 0 unspecified atom stereocenters. The number of nitrogens with one attached hydrogen (secondary N) is 1. The summed E-state index contributed by atoms with van der Waals surface area (Å²) in [6, 6.07) is 11.4. The van der Waals surface area contributed by atoms with Crippen LogP contribution in [-0.4, -0.2) is 15.6 Å². The summed E-state index contributed by atoms with van der Waals surface area (Å²) in [5.41, 5.74) is 5.38. The summed E-state index contributed by atoms with van der Waals surface area (Å²) < 4.78 is 6.08. The van der Waals surface area contributed by atoms with E-state index in [0.29, 0.717) is 27.2 Å². The Morgan fingerprint density at radius 1 is 1.21 bits per heavy atom. The number of carbonyl (C=O) groups is 1. The lowest BCUT2D eigenvalue weighted by molar-refractivity contribution is 0.150. The van der Waals surface area contributed by atoms with Gasteiger partial charge < -0.3 is 10.5 Å². The molecule has 7 nitrogen and oxygen atoms in total. The van der Waals surface area contributed by atoms with Gasteiger partial charge in [0.25, 0.3) is 5.56 Å². The van der Waals surface area contributed by atoms with Gasteiger partial charge >= 0.3 is 11.8 Å². The van der Waals surface area contributed by atoms with Crippen LogP contribution < -0.4 is 17.0 Å². The van der Waals surface area contributed by atoms with E-state index in [9.17, 15) is 14.4 Å². The molecule has 3 N–H and O–H groups in total. The van der Waals surface area contributed by atoms with Crippen LogP contribution in [0.15, 0.2) is 52.1 Å². The minimum atomic E-state index is -0.890. The monoisotopic (exact) mass is 345 g/mol. The van der Waals surface area contributed by atoms with Gasteiger partial charge in [0.15, 0.2) is 0 Å². The lowest BCUT2D eigenvalue weighted by Crippen LogP contribution is -2.29. The normalized spacial score (nSPS) is 10.7. The van der Waals surface area contributed by atoms with E-state index in [-0.39, 0.29) is 6.61 Å². The molecule has 0 spiro atoms. The molecule has 0 aliphatic rings. The third kappa shape index (κ3) is 3.02. The van der Waals surface area contributed by atoms with Gasteiger partial charge in [-0.15, -0.1) is 0 Å². The molecule has 0 aliphatic carbocycles. The van der Waals surface area contributed by atoms with E-state index in [1.165, 1.54) is 4.57 Å². The standard InChI is InChI=1S/C16H12ClN3O4/c17-10-4-5-12-13(7-10)20(16(23)19-14(12)21)11-3-1-2-9(6-11)8-24-15(18)22/h1-7H,8H2,(H2,18,22)(H,19,21,23). The quantitative estimate of drug-likeness (QED) is 0.756. The molecule has 0 atom stereocenters. The maximum absolute atomic E-state index is 12.3. The number of nitrogens with two attached hydrogens (primary N) is 1. The summed E-state index contributed by atoms with van der Waals surface area (Å²) in [5.74, 6) is 0. The van der Waals surface area contributed by atoms with Crippen LogP contribution in [-0.2, 0) is 11.3 Å². The Morgan fingerprint density at radius 3 is 2.75 bits per heavy atom. The highest BCUT2D eigenvalue weighted by atomic mass is 35.5. The molecular formula is C16H12ClN3O4. The number of nitrogens with zero attached hydrogens (tertiary/aromatic N) is 1. The molecule has 3 aromatic rings. The van der Waals surface area contributed by atoms with Gasteiger partial charge in [0.1, 0.15) is 6.61 Å². The topological polar surface area (TPSA) is 107 Å². The first-order chi connectivity index (χ1) is 11.5. The largest absolute Gasteiger partial charge is 0.445 e. The number of carbonyl (C=O) groups excluding carboxylic acids is 1. The smallest absolute Gasteiger partial charge is 0.404 e. The second-order valence-electron chi connectivity index (χ2n) is 5.03. The number of hydrogen-bond acceptors (Lipinski definition) is 4. The number of aromatic nitrogens is 2. The van der Waals surface area contributed by atoms with Gasteiger partial charge in [0, 0.05) is 5.02 Å². The summed E-state index contributed by atoms with van der Waals surface area (Å²) in [4.78, 5) is 37.3. The van der Waals surface area contributed by atoms with Crippen LogP contribution in [0.25, 0.3) is 16.6 Å². The minimum absolute atomic E-state index is 0.0278. The van der Waals surface area contributed by atoms with Gasteiger partial charge in [-0.1, -0.05) is 23.7 Å². The molecule has 122 valence electrons. The fourth-order valence-electron chi connectivity index (χ4n) is 2.41. The number of ether oxygens (including phenoxy) is 1. The Bertz CT molecular complexity index is 1060. The molecule has 0 bridgehead atoms. The number of amides is 1. The van der Waals surface area contributed by atoms with Crippen LogP contribution in [0.1, 0.15) is 5.56 Å². The van der Waals surface area contributed by atoms with Crippen LogP contribution in [0.2, 0.25) is 5.02 Å². The first-order valence-electron chi connectivity index (χ1n) is 6.92. The highest BCUT2D eigenvalue weighted by Crippen LogP contribution is 2.19. The van der Waals surface area contributed by atoms with Crippen LogP contribution >= 0.6 is 11.6 Å². The molecule has 1 amide bonds. The number of benzene rings is 2. The van der Waals surface area contributed by atoms with E-state index in [4.69, 9.17) is 22.1 Å². The highest BCUT2D eigenvalue weighted by molar-refractivity contribution is 6.31. The summed E-state index contributed by atoms with van der Waals surface area (Å²) in [6.45, 7) is -0.0278. The molecule has 24 heavy (non-hydrogen) atoms. The maximum Gasteiger partial charge on any atom is 0.404 e. The SMILES string of the molecule is NC(=O)OCc1cccc(-n2c(=O)[nH]c(=O)c3ccc(Cl)cc32)c1. The van der Waals surface area contributed by atoms with E-state index in [1.54, 1.807) is 42.5 Å². The summed E-state index contributed by atoms with van der Waals surface area (Å²) >= 11 is 6.00. The van der Waals surface area contributed by atoms with E-state index in [1.807, 2.05) is 0 Å². The number of H-pyrrole nitrogens is 1. The van der Waals surface area contributed by atoms with E-state index >= 15 is 0 Å². The zero-order valence-corrected chi connectivity index (χ0v) is 13.0. The van der Waals surface area contributed by atoms with Gasteiger partial charge in [-0.25, -0.2) is 9.59 Å². The molecule has 0 radical (unpaired) electrons. The van der Waals surface area contributed by atoms with Gasteiger partial charge in [-0.2, -0.15) is 0 Å². The van der Waals surface area contributed by atoms with Crippen molar-refractivity contribution in [2.24, 2.45) is 5.73 Å². The van der Waals surface area contributed by atoms with Crippen molar-refractivity contribution in [2.75, 3.05) is 0 Å². The molecule has 0 saturated heterocycles. The van der Waals surface area contributed by atoms with Gasteiger partial charge in [0.2, 0.25) is 0 Å². The van der Waals surface area contributed by atoms with Crippen molar-refractivity contribution in [3.63, 3.8) is 0 Å². The number of primary amides is 1. The molecule has 3 rings (SSSR count). The number of fused-ring (bicyclic) bond motifs is 1. The first-order valence-corrected chi connectivity index (χ1v) is 7.29. The molecule has 1 aromatic heterocycles. The fraction of sp³-hybridized carbons (Fsp3) is 0.0625. The Balaban J connectivity index is 2.21. The first kappa shape index (κ1) is 15.8. The molecule has 0 fully saturated rings.